The third-order valence-corrected chi connectivity index (χ3v) is 4.97. The number of piperazine rings is 1. The van der Waals surface area contributed by atoms with Crippen molar-refractivity contribution >= 4 is 11.6 Å². The summed E-state index contributed by atoms with van der Waals surface area (Å²) < 4.78 is 27.3. The summed E-state index contributed by atoms with van der Waals surface area (Å²) in [6.07, 6.45) is 2.67. The first-order chi connectivity index (χ1) is 12.0. The van der Waals surface area contributed by atoms with Crippen molar-refractivity contribution in [3.8, 4) is 0 Å². The molecule has 0 unspecified atom stereocenters. The van der Waals surface area contributed by atoms with Crippen molar-refractivity contribution in [2.24, 2.45) is 4.99 Å². The Balaban J connectivity index is 1.62. The molecule has 25 heavy (non-hydrogen) atoms. The highest BCUT2D eigenvalue weighted by Gasteiger charge is 2.34. The minimum Gasteiger partial charge on any atom is -0.388 e. The molecule has 7 heteroatoms. The zero-order valence-electron chi connectivity index (χ0n) is 14.6. The Kier molecular flexibility index (Phi) is 5.42. The van der Waals surface area contributed by atoms with E-state index < -0.39 is 17.2 Å². The molecular weight excluding hydrogens is 326 g/mol. The van der Waals surface area contributed by atoms with Crippen molar-refractivity contribution in [1.29, 1.82) is 0 Å². The normalized spacial score (nSPS) is 20.4. The predicted octanol–water partition coefficient (Wildman–Crippen LogP) is 1.97. The Bertz CT molecular complexity index is 626. The number of nitrogens with one attached hydrogen (secondary N) is 1. The van der Waals surface area contributed by atoms with E-state index in [0.29, 0.717) is 38.4 Å². The van der Waals surface area contributed by atoms with E-state index in [1.54, 1.807) is 0 Å². The molecule has 0 aromatic heterocycles. The smallest absolute Gasteiger partial charge is 0.194 e. The van der Waals surface area contributed by atoms with Gasteiger partial charge in [-0.15, -0.1) is 0 Å². The second-order valence-corrected chi connectivity index (χ2v) is 6.82. The quantitative estimate of drug-likeness (QED) is 0.643. The Morgan fingerprint density at radius 3 is 2.56 bits per heavy atom. The second kappa shape index (κ2) is 7.56. The molecule has 1 saturated heterocycles. The molecule has 1 aromatic carbocycles. The highest BCUT2D eigenvalue weighted by atomic mass is 19.1. The summed E-state index contributed by atoms with van der Waals surface area (Å²) in [7, 11) is 0. The number of guanidine groups is 1. The monoisotopic (exact) mass is 352 g/mol. The van der Waals surface area contributed by atoms with Crippen LogP contribution in [0.2, 0.25) is 0 Å². The van der Waals surface area contributed by atoms with E-state index in [0.717, 1.165) is 37.8 Å². The van der Waals surface area contributed by atoms with Crippen LogP contribution < -0.4 is 10.2 Å². The molecule has 0 amide bonds. The first-order valence-corrected chi connectivity index (χ1v) is 8.96. The molecule has 1 heterocycles. The minimum atomic E-state index is -0.646. The number of nitrogens with zero attached hydrogens (tertiary/aromatic N) is 3. The van der Waals surface area contributed by atoms with Crippen LogP contribution in [0.25, 0.3) is 0 Å². The van der Waals surface area contributed by atoms with Gasteiger partial charge in [-0.2, -0.15) is 0 Å². The third-order valence-electron chi connectivity index (χ3n) is 4.97. The molecule has 0 atom stereocenters. The summed E-state index contributed by atoms with van der Waals surface area (Å²) in [5.41, 5.74) is -0.335. The van der Waals surface area contributed by atoms with Crippen LogP contribution in [0.1, 0.15) is 26.2 Å². The average Bonchev–Trinajstić information content (AvgIpc) is 2.59. The van der Waals surface area contributed by atoms with Gasteiger partial charge in [0.05, 0.1) is 17.8 Å². The molecule has 138 valence electrons. The van der Waals surface area contributed by atoms with Crippen molar-refractivity contribution < 1.29 is 13.9 Å². The molecule has 1 saturated carbocycles. The van der Waals surface area contributed by atoms with E-state index in [4.69, 9.17) is 0 Å². The number of aliphatic imine (C=N–C) groups is 1. The number of rotatable bonds is 4. The number of aliphatic hydroxyl groups is 1. The molecule has 0 radical (unpaired) electrons. The van der Waals surface area contributed by atoms with E-state index in [1.165, 1.54) is 12.1 Å². The van der Waals surface area contributed by atoms with Crippen LogP contribution in [0.4, 0.5) is 14.5 Å². The molecule has 2 aliphatic rings. The maximum absolute atomic E-state index is 13.9. The summed E-state index contributed by atoms with van der Waals surface area (Å²) in [4.78, 5) is 8.56. The van der Waals surface area contributed by atoms with Gasteiger partial charge in [0.25, 0.3) is 0 Å². The average molecular weight is 352 g/mol. The fourth-order valence-electron chi connectivity index (χ4n) is 3.28. The van der Waals surface area contributed by atoms with Crippen LogP contribution in [0.3, 0.4) is 0 Å². The van der Waals surface area contributed by atoms with E-state index >= 15 is 0 Å². The van der Waals surface area contributed by atoms with Crippen LogP contribution in [-0.4, -0.2) is 60.8 Å². The highest BCUT2D eigenvalue weighted by molar-refractivity contribution is 5.80. The van der Waals surface area contributed by atoms with Crippen LogP contribution in [0, 0.1) is 11.6 Å². The van der Waals surface area contributed by atoms with E-state index in [-0.39, 0.29) is 0 Å². The van der Waals surface area contributed by atoms with Gasteiger partial charge in [-0.3, -0.25) is 4.99 Å². The molecule has 5 nitrogen and oxygen atoms in total. The standard InChI is InChI=1S/C18H26F2N4O/c1-2-21-17(22-13-18(25)6-3-7-18)24-10-8-23(9-11-24)16-12-14(19)4-5-15(16)20/h4-5,12,25H,2-3,6-11,13H2,1H3,(H,21,22). The lowest BCUT2D eigenvalue weighted by molar-refractivity contribution is -0.0237. The predicted molar refractivity (Wildman–Crippen MR) is 94.9 cm³/mol. The molecule has 0 spiro atoms. The summed E-state index contributed by atoms with van der Waals surface area (Å²) in [5, 5.41) is 13.5. The van der Waals surface area contributed by atoms with E-state index in [9.17, 15) is 13.9 Å². The van der Waals surface area contributed by atoms with Crippen LogP contribution in [-0.2, 0) is 0 Å². The Morgan fingerprint density at radius 1 is 1.24 bits per heavy atom. The number of anilines is 1. The number of hydrogen-bond acceptors (Lipinski definition) is 3. The molecule has 1 aromatic rings. The molecule has 2 N–H and O–H groups in total. The van der Waals surface area contributed by atoms with Crippen molar-refractivity contribution in [3.05, 3.63) is 29.8 Å². The van der Waals surface area contributed by atoms with Crippen LogP contribution in [0.5, 0.6) is 0 Å². The van der Waals surface area contributed by atoms with Gasteiger partial charge in [0.2, 0.25) is 0 Å². The number of hydrogen-bond donors (Lipinski definition) is 2. The van der Waals surface area contributed by atoms with Crippen molar-refractivity contribution in [1.82, 2.24) is 10.2 Å². The maximum Gasteiger partial charge on any atom is 0.194 e. The molecule has 2 fully saturated rings. The van der Waals surface area contributed by atoms with Crippen molar-refractivity contribution in [2.45, 2.75) is 31.8 Å². The third kappa shape index (κ3) is 4.21. The largest absolute Gasteiger partial charge is 0.388 e. The lowest BCUT2D eigenvalue weighted by Crippen LogP contribution is -2.53. The van der Waals surface area contributed by atoms with E-state index in [1.807, 2.05) is 11.8 Å². The van der Waals surface area contributed by atoms with Gasteiger partial charge in [-0.25, -0.2) is 8.78 Å². The summed E-state index contributed by atoms with van der Waals surface area (Å²) in [6.45, 7) is 5.68. The molecule has 1 aliphatic heterocycles. The van der Waals surface area contributed by atoms with Gasteiger partial charge in [0.1, 0.15) is 11.6 Å². The summed E-state index contributed by atoms with van der Waals surface area (Å²) in [6, 6.07) is 3.55. The molecular formula is C18H26F2N4O. The zero-order chi connectivity index (χ0) is 17.9. The maximum atomic E-state index is 13.9. The molecule has 0 bridgehead atoms. The van der Waals surface area contributed by atoms with Crippen molar-refractivity contribution in [2.75, 3.05) is 44.2 Å². The second-order valence-electron chi connectivity index (χ2n) is 6.82. The lowest BCUT2D eigenvalue weighted by Gasteiger charge is -2.39. The lowest BCUT2D eigenvalue weighted by atomic mass is 9.80. The van der Waals surface area contributed by atoms with Crippen LogP contribution in [0.15, 0.2) is 23.2 Å². The topological polar surface area (TPSA) is 51.1 Å². The van der Waals surface area contributed by atoms with Crippen LogP contribution >= 0.6 is 0 Å². The summed E-state index contributed by atoms with van der Waals surface area (Å²) in [5.74, 6) is -0.0488. The van der Waals surface area contributed by atoms with Gasteiger partial charge >= 0.3 is 0 Å². The Morgan fingerprint density at radius 2 is 1.96 bits per heavy atom. The van der Waals surface area contributed by atoms with Gasteiger partial charge < -0.3 is 20.2 Å². The van der Waals surface area contributed by atoms with Gasteiger partial charge in [0.15, 0.2) is 5.96 Å². The first kappa shape index (κ1) is 17.9. The number of benzene rings is 1. The van der Waals surface area contributed by atoms with E-state index in [2.05, 4.69) is 15.2 Å². The van der Waals surface area contributed by atoms with Gasteiger partial charge in [0, 0.05) is 38.8 Å². The van der Waals surface area contributed by atoms with Crippen molar-refractivity contribution in [3.63, 3.8) is 0 Å². The highest BCUT2D eigenvalue weighted by Crippen LogP contribution is 2.31. The fourth-order valence-corrected chi connectivity index (χ4v) is 3.28. The van der Waals surface area contributed by atoms with Gasteiger partial charge in [-0.05, 0) is 38.3 Å². The summed E-state index contributed by atoms with van der Waals surface area (Å²) >= 11 is 0. The zero-order valence-corrected chi connectivity index (χ0v) is 14.6. The Labute approximate surface area is 147 Å². The Hall–Kier alpha value is -1.89. The molecule has 3 rings (SSSR count). The fraction of sp³-hybridized carbons (Fsp3) is 0.611. The number of halogens is 2. The first-order valence-electron chi connectivity index (χ1n) is 8.96. The SMILES string of the molecule is CCNC(=NCC1(O)CCC1)N1CCN(c2cc(F)ccc2F)CC1. The minimum absolute atomic E-state index is 0.311. The molecule has 1 aliphatic carbocycles. The van der Waals surface area contributed by atoms with Gasteiger partial charge in [-0.1, -0.05) is 0 Å².